The molecule has 90 valence electrons. The van der Waals surface area contributed by atoms with Gasteiger partial charge >= 0.3 is 35.5 Å². The Morgan fingerprint density at radius 1 is 1.39 bits per heavy atom. The number of carbonyl (C=O) groups is 2. The zero-order valence-corrected chi connectivity index (χ0v) is 13.0. The van der Waals surface area contributed by atoms with Crippen molar-refractivity contribution in [3.05, 3.63) is 29.1 Å². The van der Waals surface area contributed by atoms with Gasteiger partial charge in [-0.1, -0.05) is 18.2 Å². The second-order valence-corrected chi connectivity index (χ2v) is 4.60. The Balaban J connectivity index is 0.00000162. The molecular formula is C12H12NNaO3S. The number of Topliss-reactive ketones (excluding diaryl/α,β-unsaturated/α-hetero) is 1. The Bertz CT molecular complexity index is 600. The molecule has 0 atom stereocenters. The molecule has 1 heterocycles. The Kier molecular flexibility index (Phi) is 5.34. The van der Waals surface area contributed by atoms with E-state index in [9.17, 15) is 9.59 Å². The molecule has 18 heavy (non-hydrogen) atoms. The van der Waals surface area contributed by atoms with Gasteiger partial charge in [0.25, 0.3) is 0 Å². The minimum Gasteiger partial charge on any atom is -1.00 e. The van der Waals surface area contributed by atoms with Gasteiger partial charge in [0.15, 0.2) is 5.78 Å². The molecule has 2 rings (SSSR count). The molecule has 4 nitrogen and oxygen atoms in total. The molecule has 0 saturated carbocycles. The first-order chi connectivity index (χ1) is 8.13. The van der Waals surface area contributed by atoms with Gasteiger partial charge in [-0.25, -0.2) is 0 Å². The van der Waals surface area contributed by atoms with Crippen LogP contribution >= 0.6 is 11.3 Å². The maximum absolute atomic E-state index is 11.8. The van der Waals surface area contributed by atoms with Crippen LogP contribution in [0.25, 0.3) is 10.1 Å². The van der Waals surface area contributed by atoms with Gasteiger partial charge in [-0.3, -0.25) is 9.59 Å². The van der Waals surface area contributed by atoms with E-state index < -0.39 is 12.4 Å². The Labute approximate surface area is 132 Å². The fourth-order valence-electron chi connectivity index (χ4n) is 1.71. The molecular weight excluding hydrogens is 261 g/mol. The fraction of sp³-hybridized carbons (Fsp3) is 0.167. The molecule has 0 aliphatic carbocycles. The number of aliphatic carboxylic acids is 1. The number of fused-ring (bicyclic) bond motifs is 1. The third kappa shape index (κ3) is 2.92. The van der Waals surface area contributed by atoms with E-state index in [0.29, 0.717) is 4.88 Å². The van der Waals surface area contributed by atoms with Gasteiger partial charge in [0, 0.05) is 17.1 Å². The van der Waals surface area contributed by atoms with E-state index in [1.54, 1.807) is 7.05 Å². The largest absolute Gasteiger partial charge is 1.00 e. The summed E-state index contributed by atoms with van der Waals surface area (Å²) in [6.45, 7) is 0. The van der Waals surface area contributed by atoms with Gasteiger partial charge in [0.2, 0.25) is 0 Å². The first-order valence-electron chi connectivity index (χ1n) is 5.07. The van der Waals surface area contributed by atoms with Crippen LogP contribution in [0.15, 0.2) is 24.3 Å². The maximum atomic E-state index is 11.8. The van der Waals surface area contributed by atoms with Crippen molar-refractivity contribution < 1.29 is 45.7 Å². The number of rotatable bonds is 4. The van der Waals surface area contributed by atoms with Crippen LogP contribution in [0.4, 0.5) is 5.69 Å². The quantitative estimate of drug-likeness (QED) is 0.457. The van der Waals surface area contributed by atoms with E-state index in [-0.39, 0.29) is 36.8 Å². The summed E-state index contributed by atoms with van der Waals surface area (Å²) in [7, 11) is 1.73. The molecule has 0 aliphatic rings. The standard InChI is InChI=1S/C12H11NO3S.Na.H/c1-13-11-7-4-2-3-5-9(7)17-12(11)8(14)6-10(15)16;;/h2-5,13H,6H2,1H3,(H,15,16);;/q;+1;-1. The summed E-state index contributed by atoms with van der Waals surface area (Å²) < 4.78 is 0.977. The average Bonchev–Trinajstić information content (AvgIpc) is 2.66. The van der Waals surface area contributed by atoms with Gasteiger partial charge in [0.05, 0.1) is 10.6 Å². The molecule has 0 spiro atoms. The number of ketones is 1. The van der Waals surface area contributed by atoms with Crippen molar-refractivity contribution >= 4 is 38.9 Å². The normalized spacial score (nSPS) is 9.83. The Morgan fingerprint density at radius 3 is 2.67 bits per heavy atom. The van der Waals surface area contributed by atoms with Crippen molar-refractivity contribution in [3.63, 3.8) is 0 Å². The fourth-order valence-corrected chi connectivity index (χ4v) is 2.85. The summed E-state index contributed by atoms with van der Waals surface area (Å²) >= 11 is 1.32. The zero-order valence-electron chi connectivity index (χ0n) is 11.2. The molecule has 0 fully saturated rings. The summed E-state index contributed by atoms with van der Waals surface area (Å²) in [5, 5.41) is 12.6. The van der Waals surface area contributed by atoms with E-state index in [0.717, 1.165) is 15.8 Å². The van der Waals surface area contributed by atoms with Crippen molar-refractivity contribution in [1.82, 2.24) is 0 Å². The third-order valence-corrected chi connectivity index (χ3v) is 3.62. The molecule has 0 unspecified atom stereocenters. The monoisotopic (exact) mass is 273 g/mol. The van der Waals surface area contributed by atoms with E-state index >= 15 is 0 Å². The van der Waals surface area contributed by atoms with Gasteiger partial charge in [0.1, 0.15) is 6.42 Å². The van der Waals surface area contributed by atoms with E-state index in [1.165, 1.54) is 11.3 Å². The van der Waals surface area contributed by atoms with Crippen LogP contribution in [0.1, 0.15) is 17.5 Å². The predicted molar refractivity (Wildman–Crippen MR) is 69.1 cm³/mol. The molecule has 0 amide bonds. The number of carboxylic acid groups (broad SMARTS) is 1. The number of hydrogen-bond acceptors (Lipinski definition) is 4. The molecule has 1 aromatic carbocycles. The SMILES string of the molecule is CNc1c(C(=O)CC(=O)O)sc2ccccc12.[H-].[Na+]. The molecule has 2 N–H and O–H groups in total. The van der Waals surface area contributed by atoms with Crippen molar-refractivity contribution in [2.45, 2.75) is 6.42 Å². The summed E-state index contributed by atoms with van der Waals surface area (Å²) in [6.07, 6.45) is -0.471. The van der Waals surface area contributed by atoms with Crippen LogP contribution in [-0.4, -0.2) is 23.9 Å². The number of carboxylic acids is 1. The number of hydrogen-bond donors (Lipinski definition) is 2. The van der Waals surface area contributed by atoms with E-state index in [1.807, 2.05) is 24.3 Å². The van der Waals surface area contributed by atoms with E-state index in [4.69, 9.17) is 5.11 Å². The van der Waals surface area contributed by atoms with Crippen molar-refractivity contribution in [1.29, 1.82) is 0 Å². The minimum absolute atomic E-state index is 0. The summed E-state index contributed by atoms with van der Waals surface area (Å²) in [5.74, 6) is -1.46. The third-order valence-electron chi connectivity index (χ3n) is 2.41. The molecule has 0 aliphatic heterocycles. The topological polar surface area (TPSA) is 66.4 Å². The second-order valence-electron chi connectivity index (χ2n) is 3.55. The maximum Gasteiger partial charge on any atom is 1.00 e. The van der Waals surface area contributed by atoms with Crippen molar-refractivity contribution in [2.24, 2.45) is 0 Å². The van der Waals surface area contributed by atoms with Crippen molar-refractivity contribution in [3.8, 4) is 0 Å². The smallest absolute Gasteiger partial charge is 1.00 e. The number of carbonyl (C=O) groups excluding carboxylic acids is 1. The van der Waals surface area contributed by atoms with E-state index in [2.05, 4.69) is 5.32 Å². The van der Waals surface area contributed by atoms with Crippen LogP contribution in [0.3, 0.4) is 0 Å². The van der Waals surface area contributed by atoms with Crippen LogP contribution in [0, 0.1) is 0 Å². The Morgan fingerprint density at radius 2 is 2.06 bits per heavy atom. The minimum atomic E-state index is -1.10. The Hall–Kier alpha value is -0.880. The summed E-state index contributed by atoms with van der Waals surface area (Å²) in [6, 6.07) is 7.61. The summed E-state index contributed by atoms with van der Waals surface area (Å²) in [4.78, 5) is 22.8. The molecule has 0 radical (unpaired) electrons. The van der Waals surface area contributed by atoms with Crippen LogP contribution < -0.4 is 34.9 Å². The van der Waals surface area contributed by atoms with Crippen molar-refractivity contribution in [2.75, 3.05) is 12.4 Å². The second kappa shape index (κ2) is 6.33. The number of anilines is 1. The van der Waals surface area contributed by atoms with Gasteiger partial charge in [-0.15, -0.1) is 11.3 Å². The van der Waals surface area contributed by atoms with Crippen LogP contribution in [0.2, 0.25) is 0 Å². The van der Waals surface area contributed by atoms with Gasteiger partial charge < -0.3 is 11.8 Å². The number of thiophene rings is 1. The number of nitrogens with one attached hydrogen (secondary N) is 1. The average molecular weight is 273 g/mol. The molecule has 0 saturated heterocycles. The molecule has 1 aromatic heterocycles. The van der Waals surface area contributed by atoms with Gasteiger partial charge in [-0.2, -0.15) is 0 Å². The molecule has 2 aromatic rings. The molecule has 6 heteroatoms. The zero-order chi connectivity index (χ0) is 12.4. The first kappa shape index (κ1) is 15.2. The van der Waals surface area contributed by atoms with Crippen LogP contribution in [0.5, 0.6) is 0 Å². The van der Waals surface area contributed by atoms with Crippen LogP contribution in [-0.2, 0) is 4.79 Å². The molecule has 0 bridgehead atoms. The summed E-state index contributed by atoms with van der Waals surface area (Å²) in [5.41, 5.74) is 0.719. The first-order valence-corrected chi connectivity index (χ1v) is 5.89. The predicted octanol–water partition coefficient (Wildman–Crippen LogP) is -0.283. The van der Waals surface area contributed by atoms with Gasteiger partial charge in [-0.05, 0) is 6.07 Å². The number of benzene rings is 1.